The molecule has 0 saturated carbocycles. The summed E-state index contributed by atoms with van der Waals surface area (Å²) >= 11 is 0. The van der Waals surface area contributed by atoms with Gasteiger partial charge < -0.3 is 20.5 Å². The Morgan fingerprint density at radius 3 is 2.09 bits per heavy atom. The van der Waals surface area contributed by atoms with Crippen molar-refractivity contribution in [2.75, 3.05) is 18.9 Å². The van der Waals surface area contributed by atoms with Crippen molar-refractivity contribution in [2.24, 2.45) is 0 Å². The Bertz CT molecular complexity index is 1130. The molecule has 182 valence electrons. The maximum Gasteiger partial charge on any atom is 0.407 e. The molecular formula is C24H28N2O7S. The molecule has 2 amide bonds. The van der Waals surface area contributed by atoms with E-state index in [0.717, 1.165) is 22.3 Å². The molecule has 34 heavy (non-hydrogen) atoms. The maximum absolute atomic E-state index is 12.4. The van der Waals surface area contributed by atoms with Crippen molar-refractivity contribution >= 4 is 27.8 Å². The average Bonchev–Trinajstić information content (AvgIpc) is 3.10. The molecule has 1 aliphatic rings. The molecule has 3 rings (SSSR count). The van der Waals surface area contributed by atoms with E-state index < -0.39 is 45.5 Å². The van der Waals surface area contributed by atoms with E-state index in [9.17, 15) is 22.8 Å². The minimum Gasteiger partial charge on any atom is -0.481 e. The second-order valence-electron chi connectivity index (χ2n) is 8.33. The molecule has 0 radical (unpaired) electrons. The molecule has 0 saturated heterocycles. The summed E-state index contributed by atoms with van der Waals surface area (Å²) in [5.41, 5.74) is 4.16. The number of fused-ring (bicyclic) bond motifs is 3. The van der Waals surface area contributed by atoms with Crippen LogP contribution < -0.4 is 10.6 Å². The van der Waals surface area contributed by atoms with Crippen LogP contribution in [0.1, 0.15) is 37.3 Å². The highest BCUT2D eigenvalue weighted by Crippen LogP contribution is 2.44. The fourth-order valence-electron chi connectivity index (χ4n) is 3.84. The van der Waals surface area contributed by atoms with Gasteiger partial charge in [-0.2, -0.15) is 0 Å². The van der Waals surface area contributed by atoms with E-state index in [1.165, 1.54) is 13.8 Å². The SMILES string of the molecule is CC(C)S(=O)(=O)CCNC(=O)C(CC(=O)O)NC(=O)OCC1c2ccccc2-c2ccccc21. The van der Waals surface area contributed by atoms with Gasteiger partial charge in [0.05, 0.1) is 17.4 Å². The van der Waals surface area contributed by atoms with E-state index in [1.807, 2.05) is 48.5 Å². The number of sulfone groups is 1. The number of carbonyl (C=O) groups excluding carboxylic acids is 2. The van der Waals surface area contributed by atoms with Crippen LogP contribution in [0.25, 0.3) is 11.1 Å². The molecule has 2 aromatic carbocycles. The number of ether oxygens (including phenoxy) is 1. The van der Waals surface area contributed by atoms with Crippen LogP contribution in [0.4, 0.5) is 4.79 Å². The molecule has 1 unspecified atom stereocenters. The highest BCUT2D eigenvalue weighted by atomic mass is 32.2. The molecule has 0 heterocycles. The smallest absolute Gasteiger partial charge is 0.407 e. The molecule has 2 aromatic rings. The molecule has 0 spiro atoms. The van der Waals surface area contributed by atoms with Crippen LogP contribution in [0, 0.1) is 0 Å². The van der Waals surface area contributed by atoms with Gasteiger partial charge in [-0.3, -0.25) is 9.59 Å². The highest BCUT2D eigenvalue weighted by molar-refractivity contribution is 7.92. The van der Waals surface area contributed by atoms with Crippen LogP contribution in [0.15, 0.2) is 48.5 Å². The molecular weight excluding hydrogens is 460 g/mol. The molecule has 1 atom stereocenters. The summed E-state index contributed by atoms with van der Waals surface area (Å²) in [4.78, 5) is 36.1. The standard InChI is InChI=1S/C24H28N2O7S/c1-15(2)34(31,32)12-11-25-23(29)21(13-22(27)28)26-24(30)33-14-20-18-9-5-3-7-16(18)17-8-4-6-10-19(17)20/h3-10,15,20-21H,11-14H2,1-2H3,(H,25,29)(H,26,30)(H,27,28). The lowest BCUT2D eigenvalue weighted by molar-refractivity contribution is -0.139. The van der Waals surface area contributed by atoms with E-state index in [0.29, 0.717) is 0 Å². The third-order valence-corrected chi connectivity index (χ3v) is 7.94. The Morgan fingerprint density at radius 1 is 1.00 bits per heavy atom. The van der Waals surface area contributed by atoms with Crippen LogP contribution in [0.3, 0.4) is 0 Å². The number of alkyl carbamates (subject to hydrolysis) is 1. The van der Waals surface area contributed by atoms with Crippen molar-refractivity contribution in [2.45, 2.75) is 37.5 Å². The van der Waals surface area contributed by atoms with E-state index in [4.69, 9.17) is 9.84 Å². The number of aliphatic carboxylic acids is 1. The average molecular weight is 489 g/mol. The van der Waals surface area contributed by atoms with Crippen molar-refractivity contribution in [3.63, 3.8) is 0 Å². The van der Waals surface area contributed by atoms with Crippen molar-refractivity contribution in [3.05, 3.63) is 59.7 Å². The zero-order valence-corrected chi connectivity index (χ0v) is 19.8. The minimum absolute atomic E-state index is 0.00784. The number of carboxylic acid groups (broad SMARTS) is 1. The van der Waals surface area contributed by atoms with Crippen molar-refractivity contribution in [1.29, 1.82) is 0 Å². The highest BCUT2D eigenvalue weighted by Gasteiger charge is 2.30. The minimum atomic E-state index is -3.38. The summed E-state index contributed by atoms with van der Waals surface area (Å²) in [6.45, 7) is 2.88. The summed E-state index contributed by atoms with van der Waals surface area (Å²) in [6.07, 6.45) is -1.61. The zero-order valence-electron chi connectivity index (χ0n) is 19.0. The first-order valence-corrected chi connectivity index (χ1v) is 12.6. The normalized spacial score (nSPS) is 13.6. The van der Waals surface area contributed by atoms with Crippen LogP contribution in [-0.4, -0.2) is 61.7 Å². The lowest BCUT2D eigenvalue weighted by atomic mass is 9.98. The van der Waals surface area contributed by atoms with Gasteiger partial charge >= 0.3 is 12.1 Å². The van der Waals surface area contributed by atoms with E-state index >= 15 is 0 Å². The topological polar surface area (TPSA) is 139 Å². The number of nitrogens with one attached hydrogen (secondary N) is 2. The number of hydrogen-bond acceptors (Lipinski definition) is 6. The van der Waals surface area contributed by atoms with Gasteiger partial charge in [-0.15, -0.1) is 0 Å². The molecule has 0 fully saturated rings. The third-order valence-electron chi connectivity index (χ3n) is 5.74. The third kappa shape index (κ3) is 5.93. The summed E-state index contributed by atoms with van der Waals surface area (Å²) in [5.74, 6) is -2.57. The Labute approximate surface area is 198 Å². The lowest BCUT2D eigenvalue weighted by Crippen LogP contribution is -2.49. The van der Waals surface area contributed by atoms with Crippen molar-refractivity contribution in [3.8, 4) is 11.1 Å². The van der Waals surface area contributed by atoms with Gasteiger partial charge in [-0.1, -0.05) is 48.5 Å². The number of carbonyl (C=O) groups is 3. The number of amides is 2. The zero-order chi connectivity index (χ0) is 24.9. The van der Waals surface area contributed by atoms with Crippen LogP contribution in [-0.2, 0) is 24.2 Å². The second-order valence-corrected chi connectivity index (χ2v) is 11.0. The van der Waals surface area contributed by atoms with Crippen molar-refractivity contribution in [1.82, 2.24) is 10.6 Å². The maximum atomic E-state index is 12.4. The van der Waals surface area contributed by atoms with E-state index in [2.05, 4.69) is 10.6 Å². The lowest BCUT2D eigenvalue weighted by Gasteiger charge is -2.19. The summed E-state index contributed by atoms with van der Waals surface area (Å²) < 4.78 is 29.1. The monoisotopic (exact) mass is 488 g/mol. The summed E-state index contributed by atoms with van der Waals surface area (Å²) in [7, 11) is -3.38. The van der Waals surface area contributed by atoms with Crippen LogP contribution >= 0.6 is 0 Å². The number of benzene rings is 2. The van der Waals surface area contributed by atoms with Gasteiger partial charge in [0.25, 0.3) is 0 Å². The van der Waals surface area contributed by atoms with E-state index in [-0.39, 0.29) is 24.8 Å². The van der Waals surface area contributed by atoms with Gasteiger partial charge in [-0.05, 0) is 36.1 Å². The first-order valence-electron chi connectivity index (χ1n) is 10.9. The second kappa shape index (κ2) is 10.7. The fraction of sp³-hybridized carbons (Fsp3) is 0.375. The van der Waals surface area contributed by atoms with E-state index in [1.54, 1.807) is 0 Å². The first-order chi connectivity index (χ1) is 16.1. The fourth-order valence-corrected chi connectivity index (χ4v) is 4.70. The number of carboxylic acids is 1. The number of rotatable bonds is 10. The van der Waals surface area contributed by atoms with Gasteiger partial charge in [0.2, 0.25) is 5.91 Å². The van der Waals surface area contributed by atoms with Gasteiger partial charge in [-0.25, -0.2) is 13.2 Å². The number of hydrogen-bond donors (Lipinski definition) is 3. The van der Waals surface area contributed by atoms with Gasteiger partial charge in [0, 0.05) is 12.5 Å². The largest absolute Gasteiger partial charge is 0.481 e. The predicted molar refractivity (Wildman–Crippen MR) is 126 cm³/mol. The predicted octanol–water partition coefficient (Wildman–Crippen LogP) is 2.31. The summed E-state index contributed by atoms with van der Waals surface area (Å²) in [6, 6.07) is 14.2. The molecule has 0 bridgehead atoms. The molecule has 3 N–H and O–H groups in total. The van der Waals surface area contributed by atoms with Crippen LogP contribution in [0.5, 0.6) is 0 Å². The Balaban J connectivity index is 1.61. The molecule has 0 aliphatic heterocycles. The molecule has 10 heteroatoms. The van der Waals surface area contributed by atoms with Crippen LogP contribution in [0.2, 0.25) is 0 Å². The Kier molecular flexibility index (Phi) is 7.93. The summed E-state index contributed by atoms with van der Waals surface area (Å²) in [5, 5.41) is 13.2. The first kappa shape index (κ1) is 25.2. The molecule has 1 aliphatic carbocycles. The molecule has 9 nitrogen and oxygen atoms in total. The van der Waals surface area contributed by atoms with Crippen molar-refractivity contribution < 1.29 is 32.6 Å². The Morgan fingerprint density at radius 2 is 1.56 bits per heavy atom. The quantitative estimate of drug-likeness (QED) is 0.466. The van der Waals surface area contributed by atoms with Gasteiger partial charge in [0.1, 0.15) is 12.6 Å². The molecule has 0 aromatic heterocycles. The van der Waals surface area contributed by atoms with Gasteiger partial charge in [0.15, 0.2) is 9.84 Å². The Hall–Kier alpha value is -3.40.